The first-order chi connectivity index (χ1) is 16.2. The Bertz CT molecular complexity index is 1010. The molecule has 0 heterocycles. The molecule has 4 saturated carbocycles. The highest BCUT2D eigenvalue weighted by Gasteiger charge is 2.69. The van der Waals surface area contributed by atoms with Crippen LogP contribution in [0.2, 0.25) is 0 Å². The van der Waals surface area contributed by atoms with Crippen LogP contribution in [-0.4, -0.2) is 17.1 Å². The van der Waals surface area contributed by atoms with Crippen LogP contribution in [0.15, 0.2) is 16.8 Å². The summed E-state index contributed by atoms with van der Waals surface area (Å²) in [6.07, 6.45) is 12.8. The molecule has 0 amide bonds. The van der Waals surface area contributed by atoms with Crippen molar-refractivity contribution < 1.29 is 9.90 Å². The lowest BCUT2D eigenvalue weighted by Gasteiger charge is -2.71. The van der Waals surface area contributed by atoms with Crippen LogP contribution in [0.1, 0.15) is 113 Å². The molecule has 194 valence electrons. The smallest absolute Gasteiger partial charge is 0.310 e. The first-order valence-corrected chi connectivity index (χ1v) is 14.2. The minimum Gasteiger partial charge on any atom is -0.481 e. The summed E-state index contributed by atoms with van der Waals surface area (Å²) in [5.41, 5.74) is 10.8. The Morgan fingerprint density at radius 3 is 2.31 bits per heavy atom. The molecule has 4 unspecified atom stereocenters. The predicted octanol–water partition coefficient (Wildman–Crippen LogP) is 8.55. The number of allylic oxidation sites excluding steroid dienone is 2. The van der Waals surface area contributed by atoms with Crippen LogP contribution in [0.4, 0.5) is 0 Å². The number of carbonyl (C=O) groups is 1. The molecule has 5 aliphatic rings. The van der Waals surface area contributed by atoms with E-state index in [0.717, 1.165) is 51.4 Å². The minimum atomic E-state index is -0.569. The maximum absolute atomic E-state index is 12.8. The Labute approximate surface area is 212 Å². The summed E-state index contributed by atoms with van der Waals surface area (Å²) in [6, 6.07) is 0.0792. The molecule has 0 saturated heterocycles. The lowest BCUT2D eigenvalue weighted by atomic mass is 9.33. The van der Waals surface area contributed by atoms with Gasteiger partial charge in [-0.2, -0.15) is 0 Å². The summed E-state index contributed by atoms with van der Waals surface area (Å²) in [7, 11) is 0. The van der Waals surface area contributed by atoms with Crippen molar-refractivity contribution in [1.82, 2.24) is 0 Å². The van der Waals surface area contributed by atoms with Crippen LogP contribution in [-0.2, 0) is 4.79 Å². The number of nitrogens with zero attached hydrogens (tertiary/aromatic N) is 3. The third kappa shape index (κ3) is 3.12. The number of azide groups is 1. The zero-order valence-electron chi connectivity index (χ0n) is 23.2. The maximum Gasteiger partial charge on any atom is 0.310 e. The van der Waals surface area contributed by atoms with Gasteiger partial charge in [0.05, 0.1) is 5.41 Å². The lowest BCUT2D eigenvalue weighted by molar-refractivity contribution is -0.190. The van der Waals surface area contributed by atoms with Crippen LogP contribution in [0.3, 0.4) is 0 Å². The average Bonchev–Trinajstić information content (AvgIpc) is 2.75. The zero-order chi connectivity index (χ0) is 25.7. The first kappa shape index (κ1) is 25.2. The molecule has 0 aromatic heterocycles. The molecule has 4 fully saturated rings. The number of rotatable bonds is 2. The molecule has 8 atom stereocenters. The number of hydrogen-bond acceptors (Lipinski definition) is 2. The molecule has 5 rings (SSSR count). The van der Waals surface area contributed by atoms with E-state index in [0.29, 0.717) is 11.8 Å². The third-order valence-electron chi connectivity index (χ3n) is 13.2. The SMILES string of the molecule is CC1(C)CC[C@]2(C(=O)O)CC[C@]3(C)C(=CCC4[C@@]5(C)CCC(N=[N+]=[N-])C(C)(C)C5CC[C@]43C)C2C1. The van der Waals surface area contributed by atoms with E-state index in [1.54, 1.807) is 0 Å². The fraction of sp³-hybridized carbons (Fsp3) is 0.900. The third-order valence-corrected chi connectivity index (χ3v) is 13.2. The highest BCUT2D eigenvalue weighted by molar-refractivity contribution is 5.76. The van der Waals surface area contributed by atoms with Crippen LogP contribution >= 0.6 is 0 Å². The largest absolute Gasteiger partial charge is 0.481 e. The van der Waals surface area contributed by atoms with E-state index < -0.39 is 11.4 Å². The normalized spacial score (nSPS) is 49.7. The van der Waals surface area contributed by atoms with E-state index >= 15 is 0 Å². The standard InChI is InChI=1S/C30H47N3O2/c1-25(2)14-16-30(24(34)35)17-15-28(6)19(20(30)18-25)8-9-22-27(5)12-11-23(32-33-31)26(3,4)21(27)10-13-29(22,28)7/h8,20-23H,9-18H2,1-7H3,(H,34,35)/t20?,21?,22?,23?,27-,28+,29+,30-/m0/s1. The van der Waals surface area contributed by atoms with Gasteiger partial charge < -0.3 is 5.11 Å². The summed E-state index contributed by atoms with van der Waals surface area (Å²) < 4.78 is 0. The zero-order valence-corrected chi connectivity index (χ0v) is 23.2. The van der Waals surface area contributed by atoms with Gasteiger partial charge in [-0.05, 0) is 115 Å². The minimum absolute atomic E-state index is 0.00385. The van der Waals surface area contributed by atoms with E-state index in [9.17, 15) is 15.4 Å². The van der Waals surface area contributed by atoms with E-state index in [1.165, 1.54) is 18.4 Å². The van der Waals surface area contributed by atoms with E-state index in [1.807, 2.05) is 0 Å². The summed E-state index contributed by atoms with van der Waals surface area (Å²) in [4.78, 5) is 16.0. The van der Waals surface area contributed by atoms with Crippen molar-refractivity contribution in [3.8, 4) is 0 Å². The molecule has 0 bridgehead atoms. The molecule has 5 nitrogen and oxygen atoms in total. The van der Waals surface area contributed by atoms with Gasteiger partial charge in [0.1, 0.15) is 0 Å². The van der Waals surface area contributed by atoms with E-state index in [4.69, 9.17) is 0 Å². The predicted molar refractivity (Wildman–Crippen MR) is 140 cm³/mol. The van der Waals surface area contributed by atoms with Crippen molar-refractivity contribution in [1.29, 1.82) is 0 Å². The van der Waals surface area contributed by atoms with Gasteiger partial charge in [0.2, 0.25) is 0 Å². The van der Waals surface area contributed by atoms with Crippen molar-refractivity contribution >= 4 is 5.97 Å². The summed E-state index contributed by atoms with van der Waals surface area (Å²) in [5, 5.41) is 14.8. The van der Waals surface area contributed by atoms with E-state index in [-0.39, 0.29) is 39.0 Å². The Morgan fingerprint density at radius 1 is 0.971 bits per heavy atom. The summed E-state index contributed by atoms with van der Waals surface area (Å²) >= 11 is 0. The monoisotopic (exact) mass is 481 g/mol. The van der Waals surface area contributed by atoms with Crippen molar-refractivity contribution in [2.45, 2.75) is 119 Å². The average molecular weight is 482 g/mol. The van der Waals surface area contributed by atoms with Crippen molar-refractivity contribution in [2.75, 3.05) is 0 Å². The molecule has 0 aromatic carbocycles. The topological polar surface area (TPSA) is 86.1 Å². The van der Waals surface area contributed by atoms with Crippen LogP contribution in [0.25, 0.3) is 10.4 Å². The Hall–Kier alpha value is -1.48. The molecular weight excluding hydrogens is 434 g/mol. The molecule has 1 N–H and O–H groups in total. The summed E-state index contributed by atoms with van der Waals surface area (Å²) in [6.45, 7) is 17.0. The Kier molecular flexibility index (Phi) is 5.41. The molecular formula is C30H47N3O2. The number of carboxylic acids is 1. The van der Waals surface area contributed by atoms with Gasteiger partial charge in [-0.1, -0.05) is 65.2 Å². The van der Waals surface area contributed by atoms with Gasteiger partial charge in [0.15, 0.2) is 0 Å². The first-order valence-electron chi connectivity index (χ1n) is 14.2. The van der Waals surface area contributed by atoms with Crippen molar-refractivity contribution in [3.63, 3.8) is 0 Å². The molecule has 0 spiro atoms. The second-order valence-electron chi connectivity index (χ2n) is 15.3. The number of fused-ring (bicyclic) bond motifs is 7. The van der Waals surface area contributed by atoms with Crippen LogP contribution in [0, 0.1) is 50.2 Å². The summed E-state index contributed by atoms with van der Waals surface area (Å²) in [5.74, 6) is 0.749. The Morgan fingerprint density at radius 2 is 1.66 bits per heavy atom. The van der Waals surface area contributed by atoms with Gasteiger partial charge in [-0.15, -0.1) is 0 Å². The van der Waals surface area contributed by atoms with Crippen LogP contribution in [0.5, 0.6) is 0 Å². The number of aliphatic carboxylic acids is 1. The number of carboxylic acid groups (broad SMARTS) is 1. The van der Waals surface area contributed by atoms with Gasteiger partial charge in [-0.25, -0.2) is 0 Å². The molecule has 35 heavy (non-hydrogen) atoms. The quantitative estimate of drug-likeness (QED) is 0.185. The van der Waals surface area contributed by atoms with E-state index in [2.05, 4.69) is 64.6 Å². The maximum atomic E-state index is 12.8. The Balaban J connectivity index is 1.58. The second-order valence-corrected chi connectivity index (χ2v) is 15.3. The lowest BCUT2D eigenvalue weighted by Crippen LogP contribution is -2.65. The highest BCUT2D eigenvalue weighted by atomic mass is 16.4. The fourth-order valence-electron chi connectivity index (χ4n) is 10.9. The molecule has 5 aliphatic carbocycles. The molecule has 0 radical (unpaired) electrons. The fourth-order valence-corrected chi connectivity index (χ4v) is 10.9. The molecule has 0 aromatic rings. The van der Waals surface area contributed by atoms with Gasteiger partial charge in [-0.3, -0.25) is 4.79 Å². The van der Waals surface area contributed by atoms with Gasteiger partial charge >= 0.3 is 5.97 Å². The van der Waals surface area contributed by atoms with Crippen molar-refractivity contribution in [3.05, 3.63) is 22.1 Å². The van der Waals surface area contributed by atoms with Crippen LogP contribution < -0.4 is 0 Å². The van der Waals surface area contributed by atoms with Crippen molar-refractivity contribution in [2.24, 2.45) is 55.4 Å². The van der Waals surface area contributed by atoms with Gasteiger partial charge in [0.25, 0.3) is 0 Å². The molecule has 5 heteroatoms. The highest BCUT2D eigenvalue weighted by Crippen LogP contribution is 2.75. The molecule has 0 aliphatic heterocycles. The number of hydrogen-bond donors (Lipinski definition) is 1. The second kappa shape index (κ2) is 7.53. The van der Waals surface area contributed by atoms with Gasteiger partial charge in [0, 0.05) is 11.0 Å².